The van der Waals surface area contributed by atoms with E-state index < -0.39 is 43.1 Å². The van der Waals surface area contributed by atoms with Gasteiger partial charge in [0.05, 0.1) is 58.6 Å². The van der Waals surface area contributed by atoms with Crippen LogP contribution in [-0.4, -0.2) is 158 Å². The molecule has 2 saturated carbocycles. The number of benzene rings is 3. The van der Waals surface area contributed by atoms with Crippen LogP contribution in [0.2, 0.25) is 0 Å². The first kappa shape index (κ1) is 58.9. The van der Waals surface area contributed by atoms with Crippen LogP contribution >= 0.6 is 0 Å². The number of aromatic amines is 1. The van der Waals surface area contributed by atoms with Crippen molar-refractivity contribution in [2.24, 2.45) is 11.3 Å². The molecule has 8 heterocycles. The Kier molecular flexibility index (Phi) is 16.3. The lowest BCUT2D eigenvalue weighted by atomic mass is 9.59. The van der Waals surface area contributed by atoms with Gasteiger partial charge in [0.15, 0.2) is 11.6 Å². The predicted molar refractivity (Wildman–Crippen MR) is 333 cm³/mol. The van der Waals surface area contributed by atoms with Gasteiger partial charge < -0.3 is 49.1 Å². The highest BCUT2D eigenvalue weighted by Crippen LogP contribution is 2.54. The number of aryl methyl sites for hydroxylation is 1. The standard InChI is InChI=1S/C65H81N11O10S/c1-42(2)85-58-31-45(38-68-61(58)73-26-29-83-30-27-73)39-71-24-25-74(57(40-71)50-8-6-5-7-43(50)3)48-35-65(36-48)19-22-72(23-20-65)47-9-11-51(54(33-47)75-53-16-28-84-41-59(53)86-63-56(75)32-46-15-21-66-60(46)69-63)62(77)70-87(81,82)49-10-12-52(55(34-49)76(79)80)67-37-44-13-17-64(4,78)18-14-44/h5-12,15,21,31-34,38,42,44,48,53,57,59,67,78H,13-14,16-20,22-30,35-37,39-41H2,1-4H3,(H,66,69)(H,70,77)/t44-,53-,57-,59-,64-/m0/s1. The van der Waals surface area contributed by atoms with Crippen LogP contribution in [-0.2, 0) is 26.0 Å². The van der Waals surface area contributed by atoms with Gasteiger partial charge in [0.1, 0.15) is 23.1 Å². The summed E-state index contributed by atoms with van der Waals surface area (Å²) in [6, 6.07) is 24.6. The lowest BCUT2D eigenvalue weighted by Crippen LogP contribution is -2.59. The third-order valence-electron chi connectivity index (χ3n) is 19.6. The van der Waals surface area contributed by atoms with Gasteiger partial charge in [0.25, 0.3) is 21.6 Å². The maximum Gasteiger partial charge on any atom is 0.293 e. The van der Waals surface area contributed by atoms with Gasteiger partial charge in [-0.25, -0.2) is 18.1 Å². The minimum Gasteiger partial charge on any atom is -0.487 e. The van der Waals surface area contributed by atoms with Crippen LogP contribution in [0.4, 0.5) is 34.3 Å². The molecule has 0 unspecified atom stereocenters. The Bertz CT molecular complexity index is 3620. The number of hydrogen-bond donors (Lipinski definition) is 4. The second-order valence-electron chi connectivity index (χ2n) is 25.9. The van der Waals surface area contributed by atoms with E-state index in [1.54, 1.807) is 6.07 Å². The molecule has 7 aliphatic rings. The molecule has 13 rings (SSSR count). The number of nitro groups is 1. The summed E-state index contributed by atoms with van der Waals surface area (Å²) in [5.74, 6) is 1.38. The number of carbonyl (C=O) groups is 1. The number of ether oxygens (including phenoxy) is 4. The van der Waals surface area contributed by atoms with Gasteiger partial charge in [-0.05, 0) is 162 Å². The number of piperidine rings is 1. The molecule has 2 aliphatic carbocycles. The number of rotatable bonds is 16. The third kappa shape index (κ3) is 12.3. The number of aromatic nitrogens is 3. The molecular formula is C65H81N11O10S. The zero-order valence-electron chi connectivity index (χ0n) is 50.3. The van der Waals surface area contributed by atoms with E-state index in [-0.39, 0.29) is 40.8 Å². The van der Waals surface area contributed by atoms with Crippen molar-refractivity contribution in [3.05, 3.63) is 124 Å². The molecule has 87 heavy (non-hydrogen) atoms. The Balaban J connectivity index is 0.735. The summed E-state index contributed by atoms with van der Waals surface area (Å²) in [5, 5.41) is 26.9. The molecule has 1 spiro atoms. The first-order valence-electron chi connectivity index (χ1n) is 31.2. The number of pyridine rings is 2. The summed E-state index contributed by atoms with van der Waals surface area (Å²) in [6.07, 6.45) is 11.0. The molecule has 22 heteroatoms. The summed E-state index contributed by atoms with van der Waals surface area (Å²) in [5.41, 5.74) is 5.83. The first-order valence-corrected chi connectivity index (χ1v) is 32.7. The molecule has 6 fully saturated rings. The predicted octanol–water partition coefficient (Wildman–Crippen LogP) is 9.27. The highest BCUT2D eigenvalue weighted by molar-refractivity contribution is 7.90. The van der Waals surface area contributed by atoms with Crippen LogP contribution in [0.25, 0.3) is 11.0 Å². The summed E-state index contributed by atoms with van der Waals surface area (Å²) in [7, 11) is -4.65. The summed E-state index contributed by atoms with van der Waals surface area (Å²) in [4.78, 5) is 51.5. The fraction of sp³-hybridized carbons (Fsp3) is 0.523. The molecule has 4 N–H and O–H groups in total. The lowest BCUT2D eigenvalue weighted by Gasteiger charge is -2.58. The summed E-state index contributed by atoms with van der Waals surface area (Å²) in [6.45, 7) is 17.5. The molecule has 21 nitrogen and oxygen atoms in total. The number of nitrogens with zero attached hydrogens (tertiary/aromatic N) is 8. The number of sulfonamides is 1. The van der Waals surface area contributed by atoms with Crippen LogP contribution in [0.1, 0.15) is 112 Å². The number of nitrogens with one attached hydrogen (secondary N) is 3. The number of nitro benzene ring substituents is 1. The Morgan fingerprint density at radius 3 is 2.47 bits per heavy atom. The number of H-pyrrole nitrogens is 1. The quantitative estimate of drug-likeness (QED) is 0.0522. The molecule has 6 aromatic rings. The fourth-order valence-corrected chi connectivity index (χ4v) is 15.7. The number of hydrogen-bond acceptors (Lipinski definition) is 18. The molecule has 1 amide bonds. The number of piperazine rings is 1. The van der Waals surface area contributed by atoms with E-state index in [1.165, 1.54) is 23.3 Å². The van der Waals surface area contributed by atoms with Crippen LogP contribution in [0.5, 0.6) is 11.6 Å². The summed E-state index contributed by atoms with van der Waals surface area (Å²) >= 11 is 0. The molecule has 4 saturated heterocycles. The SMILES string of the molecule is Cc1ccccc1[C@@H]1CN(Cc2cnc(N3CCOCC3)c(OC(C)C)c2)CCN1C1CC2(CCN(c3ccc(C(=O)NS(=O)(=O)c4ccc(NC[C@H]5CC[C@](C)(O)CC5)c([N+](=O)[O-])c4)c(N4c5cc6cc[nH]c6nc5O[C@H]5COCC[C@@H]54)c3)CC2)C1. The van der Waals surface area contributed by atoms with Gasteiger partial charge in [0, 0.05) is 107 Å². The third-order valence-corrected chi connectivity index (χ3v) is 20.9. The summed E-state index contributed by atoms with van der Waals surface area (Å²) < 4.78 is 55.5. The van der Waals surface area contributed by atoms with Gasteiger partial charge in [0.2, 0.25) is 5.88 Å². The zero-order valence-corrected chi connectivity index (χ0v) is 51.1. The first-order chi connectivity index (χ1) is 41.9. The fourth-order valence-electron chi connectivity index (χ4n) is 14.7. The van der Waals surface area contributed by atoms with Crippen molar-refractivity contribution in [2.45, 2.75) is 133 Å². The smallest absolute Gasteiger partial charge is 0.293 e. The molecule has 5 aliphatic heterocycles. The van der Waals surface area contributed by atoms with Gasteiger partial charge in [-0.1, -0.05) is 24.3 Å². The van der Waals surface area contributed by atoms with E-state index in [0.717, 1.165) is 125 Å². The Morgan fingerprint density at radius 1 is 0.908 bits per heavy atom. The van der Waals surface area contributed by atoms with E-state index in [9.17, 15) is 28.4 Å². The normalized spacial score (nSPS) is 24.5. The number of fused-ring (bicyclic) bond motifs is 3. The van der Waals surface area contributed by atoms with Gasteiger partial charge >= 0.3 is 0 Å². The zero-order chi connectivity index (χ0) is 60.2. The Hall–Kier alpha value is -7.08. The van der Waals surface area contributed by atoms with E-state index >= 15 is 0 Å². The van der Waals surface area contributed by atoms with Crippen LogP contribution < -0.4 is 34.2 Å². The van der Waals surface area contributed by atoms with Crippen molar-refractivity contribution < 1.29 is 42.2 Å². The largest absolute Gasteiger partial charge is 0.487 e. The molecule has 3 aromatic carbocycles. The average Bonchev–Trinajstić information content (AvgIpc) is 1.43. The monoisotopic (exact) mass is 1210 g/mol. The van der Waals surface area contributed by atoms with Crippen molar-refractivity contribution in [3.8, 4) is 11.6 Å². The Labute approximate surface area is 508 Å². The van der Waals surface area contributed by atoms with Crippen LogP contribution in [0.15, 0.2) is 96.2 Å². The van der Waals surface area contributed by atoms with Crippen molar-refractivity contribution >= 4 is 61.2 Å². The van der Waals surface area contributed by atoms with Crippen molar-refractivity contribution in [1.29, 1.82) is 0 Å². The van der Waals surface area contributed by atoms with Crippen molar-refractivity contribution in [2.75, 3.05) is 98.8 Å². The van der Waals surface area contributed by atoms with E-state index in [4.69, 9.17) is 28.9 Å². The molecule has 0 radical (unpaired) electrons. The minimum absolute atomic E-state index is 0.0232. The van der Waals surface area contributed by atoms with Gasteiger partial charge in [-0.2, -0.15) is 4.98 Å². The van der Waals surface area contributed by atoms with E-state index in [1.807, 2.05) is 43.6 Å². The number of carbonyl (C=O) groups excluding carboxylic acids is 1. The lowest BCUT2D eigenvalue weighted by molar-refractivity contribution is -0.384. The second kappa shape index (κ2) is 24.1. The van der Waals surface area contributed by atoms with Gasteiger partial charge in [-0.15, -0.1) is 0 Å². The van der Waals surface area contributed by atoms with Crippen LogP contribution in [0.3, 0.4) is 0 Å². The highest BCUT2D eigenvalue weighted by atomic mass is 32.2. The molecule has 3 atom stereocenters. The van der Waals surface area contributed by atoms with Crippen molar-refractivity contribution in [1.82, 2.24) is 29.5 Å². The molecule has 3 aromatic heterocycles. The number of aliphatic hydroxyl groups is 1. The molecule has 0 bridgehead atoms. The van der Waals surface area contributed by atoms with Crippen LogP contribution in [0, 0.1) is 28.4 Å². The Morgan fingerprint density at radius 2 is 1.70 bits per heavy atom. The van der Waals surface area contributed by atoms with Gasteiger partial charge in [-0.3, -0.25) is 24.7 Å². The number of morpholine rings is 1. The molecule has 462 valence electrons. The average molecular weight is 1210 g/mol. The number of amides is 1. The van der Waals surface area contributed by atoms with E-state index in [2.05, 4.69) is 90.6 Å². The van der Waals surface area contributed by atoms with E-state index in [0.29, 0.717) is 81.2 Å². The second-order valence-corrected chi connectivity index (χ2v) is 27.6. The molecular weight excluding hydrogens is 1130 g/mol. The highest BCUT2D eigenvalue weighted by Gasteiger charge is 2.50. The maximum atomic E-state index is 14.9. The minimum atomic E-state index is -4.65. The topological polar surface area (TPSA) is 233 Å². The number of anilines is 5. The maximum absolute atomic E-state index is 14.9. The van der Waals surface area contributed by atoms with Crippen molar-refractivity contribution in [3.63, 3.8) is 0 Å².